The lowest BCUT2D eigenvalue weighted by atomic mass is 9.47. The Kier molecular flexibility index (Phi) is 6.08. The Hall–Kier alpha value is -0.600. The molecule has 0 bridgehead atoms. The Bertz CT molecular complexity index is 693. The van der Waals surface area contributed by atoms with Crippen LogP contribution in [-0.2, 0) is 0 Å². The van der Waals surface area contributed by atoms with Gasteiger partial charge in [-0.1, -0.05) is 52.8 Å². The van der Waals surface area contributed by atoms with E-state index in [1.54, 1.807) is 5.57 Å². The van der Waals surface area contributed by atoms with Crippen LogP contribution in [0.2, 0.25) is 0 Å². The molecule has 2 heteroatoms. The molecule has 170 valence electrons. The summed E-state index contributed by atoms with van der Waals surface area (Å²) in [5, 5.41) is 21.0. The van der Waals surface area contributed by atoms with Crippen molar-refractivity contribution in [1.82, 2.24) is 0 Å². The summed E-state index contributed by atoms with van der Waals surface area (Å²) in [4.78, 5) is 0. The molecule has 0 unspecified atom stereocenters. The molecule has 9 atom stereocenters. The number of hydrogen-bond donors (Lipinski definition) is 2. The first-order valence-electron chi connectivity index (χ1n) is 12.8. The molecule has 0 aromatic rings. The zero-order chi connectivity index (χ0) is 21.8. The van der Waals surface area contributed by atoms with E-state index in [0.717, 1.165) is 48.5 Å². The van der Waals surface area contributed by atoms with Crippen LogP contribution in [0.1, 0.15) is 92.4 Å². The van der Waals surface area contributed by atoms with E-state index >= 15 is 0 Å². The van der Waals surface area contributed by atoms with Gasteiger partial charge in [0.15, 0.2) is 0 Å². The van der Waals surface area contributed by atoms with Crippen LogP contribution < -0.4 is 0 Å². The lowest BCUT2D eigenvalue weighted by molar-refractivity contribution is -0.0589. The summed E-state index contributed by atoms with van der Waals surface area (Å²) in [5.74, 6) is 4.09. The van der Waals surface area contributed by atoms with Gasteiger partial charge in [-0.25, -0.2) is 0 Å². The lowest BCUT2D eigenvalue weighted by Gasteiger charge is -2.58. The molecule has 2 N–H and O–H groups in total. The molecule has 2 nitrogen and oxygen atoms in total. The molecule has 0 saturated heterocycles. The van der Waals surface area contributed by atoms with Crippen LogP contribution in [-0.4, -0.2) is 22.4 Å². The minimum Gasteiger partial charge on any atom is -0.393 e. The second-order valence-electron chi connectivity index (χ2n) is 12.3. The first-order chi connectivity index (χ1) is 14.1. The number of aliphatic hydroxyl groups excluding tert-OH is 2. The van der Waals surface area contributed by atoms with Crippen molar-refractivity contribution in [3.8, 4) is 0 Å². The van der Waals surface area contributed by atoms with E-state index in [1.807, 2.05) is 0 Å². The number of hydrogen-bond acceptors (Lipinski definition) is 2. The van der Waals surface area contributed by atoms with E-state index in [4.69, 9.17) is 0 Å². The van der Waals surface area contributed by atoms with Crippen LogP contribution in [0, 0.1) is 46.3 Å². The molecule has 0 amide bonds. The molecular weight excluding hydrogens is 368 g/mol. The van der Waals surface area contributed by atoms with E-state index in [-0.39, 0.29) is 12.2 Å². The van der Waals surface area contributed by atoms with Crippen LogP contribution in [0.4, 0.5) is 0 Å². The minimum atomic E-state index is -0.355. The third-order valence-electron chi connectivity index (χ3n) is 10.6. The van der Waals surface area contributed by atoms with E-state index in [0.29, 0.717) is 22.7 Å². The van der Waals surface area contributed by atoms with E-state index in [9.17, 15) is 10.2 Å². The fourth-order valence-electron chi connectivity index (χ4n) is 8.67. The number of aliphatic hydroxyl groups is 2. The first-order valence-corrected chi connectivity index (χ1v) is 12.8. The largest absolute Gasteiger partial charge is 0.393 e. The lowest BCUT2D eigenvalue weighted by Crippen LogP contribution is -2.50. The zero-order valence-corrected chi connectivity index (χ0v) is 20.2. The molecule has 4 aliphatic rings. The zero-order valence-electron chi connectivity index (χ0n) is 20.2. The second kappa shape index (κ2) is 8.07. The molecule has 0 spiro atoms. The van der Waals surface area contributed by atoms with Gasteiger partial charge in [0.25, 0.3) is 0 Å². The molecule has 3 fully saturated rings. The summed E-state index contributed by atoms with van der Waals surface area (Å²) in [6.45, 7) is 16.0. The highest BCUT2D eigenvalue weighted by Gasteiger charge is 2.59. The van der Waals surface area contributed by atoms with E-state index in [1.165, 1.54) is 38.5 Å². The normalized spacial score (nSPS) is 45.2. The fraction of sp³-hybridized carbons (Fsp3) is 0.857. The monoisotopic (exact) mass is 414 g/mol. The summed E-state index contributed by atoms with van der Waals surface area (Å²) in [7, 11) is 0. The number of rotatable bonds is 5. The van der Waals surface area contributed by atoms with Crippen molar-refractivity contribution in [3.05, 3.63) is 23.8 Å². The van der Waals surface area contributed by atoms with E-state index in [2.05, 4.69) is 47.3 Å². The van der Waals surface area contributed by atoms with Gasteiger partial charge in [-0.3, -0.25) is 0 Å². The van der Waals surface area contributed by atoms with Crippen molar-refractivity contribution in [2.45, 2.75) is 105 Å². The van der Waals surface area contributed by atoms with Gasteiger partial charge >= 0.3 is 0 Å². The molecule has 0 aromatic heterocycles. The topological polar surface area (TPSA) is 40.5 Å². The molecular formula is C28H46O2. The summed E-state index contributed by atoms with van der Waals surface area (Å²) >= 11 is 0. The summed E-state index contributed by atoms with van der Waals surface area (Å²) in [6.07, 6.45) is 12.7. The third kappa shape index (κ3) is 3.54. The molecule has 0 heterocycles. The Labute approximate surface area is 185 Å². The van der Waals surface area contributed by atoms with Crippen molar-refractivity contribution >= 4 is 0 Å². The Morgan fingerprint density at radius 2 is 1.83 bits per heavy atom. The van der Waals surface area contributed by atoms with Crippen LogP contribution in [0.5, 0.6) is 0 Å². The standard InChI is InChI=1S/C28H46O2/c1-17(2)19(4)26(30)15-18(3)23-9-10-24-22-8-7-20-16-21(29)11-13-27(20,5)25(22)12-14-28(23,24)6/h7,17-18,21-26,29-30H,4,8-16H2,1-3,5-6H3/t18-,21+,22+,23-,24+,25+,26+,27+,28-/m1/s1. The highest BCUT2D eigenvalue weighted by Crippen LogP contribution is 2.67. The number of allylic oxidation sites excluding steroid dienone is 1. The molecule has 0 aliphatic heterocycles. The van der Waals surface area contributed by atoms with Gasteiger partial charge in [0.05, 0.1) is 12.2 Å². The van der Waals surface area contributed by atoms with Gasteiger partial charge in [-0.15, -0.1) is 0 Å². The van der Waals surface area contributed by atoms with Crippen molar-refractivity contribution in [2.24, 2.45) is 46.3 Å². The van der Waals surface area contributed by atoms with Gasteiger partial charge in [-0.2, -0.15) is 0 Å². The molecule has 4 aliphatic carbocycles. The molecule has 0 aromatic carbocycles. The number of fused-ring (bicyclic) bond motifs is 5. The average molecular weight is 415 g/mol. The predicted octanol–water partition coefficient (Wildman–Crippen LogP) is 6.53. The Balaban J connectivity index is 1.51. The fourth-order valence-corrected chi connectivity index (χ4v) is 8.67. The summed E-state index contributed by atoms with van der Waals surface area (Å²) in [6, 6.07) is 0. The van der Waals surface area contributed by atoms with Crippen LogP contribution in [0.15, 0.2) is 23.8 Å². The predicted molar refractivity (Wildman–Crippen MR) is 125 cm³/mol. The Morgan fingerprint density at radius 1 is 1.10 bits per heavy atom. The van der Waals surface area contributed by atoms with Crippen LogP contribution in [0.25, 0.3) is 0 Å². The quantitative estimate of drug-likeness (QED) is 0.502. The van der Waals surface area contributed by atoms with Gasteiger partial charge in [0, 0.05) is 0 Å². The van der Waals surface area contributed by atoms with Crippen LogP contribution in [0.3, 0.4) is 0 Å². The minimum absolute atomic E-state index is 0.113. The summed E-state index contributed by atoms with van der Waals surface area (Å²) < 4.78 is 0. The van der Waals surface area contributed by atoms with E-state index < -0.39 is 0 Å². The van der Waals surface area contributed by atoms with Gasteiger partial charge in [-0.05, 0) is 110 Å². The van der Waals surface area contributed by atoms with Crippen molar-refractivity contribution < 1.29 is 10.2 Å². The van der Waals surface area contributed by atoms with Crippen molar-refractivity contribution in [3.63, 3.8) is 0 Å². The van der Waals surface area contributed by atoms with Crippen LogP contribution >= 0.6 is 0 Å². The van der Waals surface area contributed by atoms with Crippen molar-refractivity contribution in [2.75, 3.05) is 0 Å². The smallest absolute Gasteiger partial charge is 0.0752 e. The maximum atomic E-state index is 10.7. The van der Waals surface area contributed by atoms with Crippen molar-refractivity contribution in [1.29, 1.82) is 0 Å². The molecule has 4 rings (SSSR count). The van der Waals surface area contributed by atoms with Gasteiger partial charge in [0.1, 0.15) is 0 Å². The average Bonchev–Trinajstić information content (AvgIpc) is 3.05. The first kappa shape index (κ1) is 22.6. The third-order valence-corrected chi connectivity index (χ3v) is 10.6. The van der Waals surface area contributed by atoms with Gasteiger partial charge in [0.2, 0.25) is 0 Å². The maximum absolute atomic E-state index is 10.7. The highest BCUT2D eigenvalue weighted by atomic mass is 16.3. The SMILES string of the molecule is C=C(C(C)C)[C@@H](O)C[C@@H](C)[C@H]1CC[C@H]2[C@@H]3CC=C4C[C@@H](O)CC[C@]4(C)[C@H]3CC[C@]12C. The second-order valence-corrected chi connectivity index (χ2v) is 12.3. The molecule has 3 saturated carbocycles. The molecule has 0 radical (unpaired) electrons. The molecule has 30 heavy (non-hydrogen) atoms. The Morgan fingerprint density at radius 3 is 2.53 bits per heavy atom. The maximum Gasteiger partial charge on any atom is 0.0752 e. The van der Waals surface area contributed by atoms with Gasteiger partial charge < -0.3 is 10.2 Å². The summed E-state index contributed by atoms with van der Waals surface area (Å²) in [5.41, 5.74) is 3.33. The highest BCUT2D eigenvalue weighted by molar-refractivity contribution is 5.25.